The zero-order valence-corrected chi connectivity index (χ0v) is 18.4. The van der Waals surface area contributed by atoms with Crippen molar-refractivity contribution in [2.75, 3.05) is 30.9 Å². The molecule has 3 N–H and O–H groups in total. The Morgan fingerprint density at radius 3 is 2.62 bits per heavy atom. The maximum Gasteiger partial charge on any atom is 0.330 e. The van der Waals surface area contributed by atoms with Crippen molar-refractivity contribution in [3.8, 4) is 0 Å². The molecule has 0 aliphatic rings. The summed E-state index contributed by atoms with van der Waals surface area (Å²) >= 11 is 1.30. The van der Waals surface area contributed by atoms with Crippen LogP contribution < -0.4 is 21.9 Å². The first-order chi connectivity index (χ1) is 13.7. The number of carbonyl (C=O) groups is 1. The second-order valence-electron chi connectivity index (χ2n) is 7.18. The summed E-state index contributed by atoms with van der Waals surface area (Å²) in [5, 5.41) is 0.842. The van der Waals surface area contributed by atoms with Crippen molar-refractivity contribution in [2.24, 2.45) is 5.92 Å². The van der Waals surface area contributed by atoms with E-state index in [-0.39, 0.29) is 29.9 Å². The maximum absolute atomic E-state index is 13.4. The molecule has 160 valence electrons. The van der Waals surface area contributed by atoms with E-state index in [1.54, 1.807) is 14.0 Å². The second-order valence-corrected chi connectivity index (χ2v) is 8.26. The Morgan fingerprint density at radius 1 is 1.38 bits per heavy atom. The number of amides is 1. The number of anilines is 2. The summed E-state index contributed by atoms with van der Waals surface area (Å²) in [7, 11) is 1.57. The van der Waals surface area contributed by atoms with Crippen molar-refractivity contribution in [2.45, 2.75) is 47.1 Å². The molecule has 0 atom stereocenters. The van der Waals surface area contributed by atoms with Crippen LogP contribution in [0.15, 0.2) is 9.59 Å². The molecule has 0 saturated carbocycles. The number of nitrogens with one attached hydrogen (secondary N) is 1. The molecule has 0 saturated heterocycles. The van der Waals surface area contributed by atoms with Gasteiger partial charge >= 0.3 is 5.69 Å². The first-order valence-electron chi connectivity index (χ1n) is 9.60. The van der Waals surface area contributed by atoms with Gasteiger partial charge in [-0.1, -0.05) is 20.8 Å². The van der Waals surface area contributed by atoms with E-state index in [9.17, 15) is 14.4 Å². The number of ether oxygens (including phenoxy) is 1. The molecular weight excluding hydrogens is 394 g/mol. The molecule has 29 heavy (non-hydrogen) atoms. The molecule has 2 aromatic heterocycles. The van der Waals surface area contributed by atoms with Crippen molar-refractivity contribution in [1.29, 1.82) is 0 Å². The molecule has 2 heterocycles. The topological polar surface area (TPSA) is 123 Å². The first kappa shape index (κ1) is 22.8. The fourth-order valence-corrected chi connectivity index (χ4v) is 3.94. The number of rotatable bonds is 9. The molecule has 10 heteroatoms. The van der Waals surface area contributed by atoms with Gasteiger partial charge in [-0.25, -0.2) is 9.78 Å². The third-order valence-electron chi connectivity index (χ3n) is 4.34. The van der Waals surface area contributed by atoms with Crippen LogP contribution in [0.1, 0.15) is 47.6 Å². The minimum absolute atomic E-state index is 0.0165. The lowest BCUT2D eigenvalue weighted by Crippen LogP contribution is -2.42. The van der Waals surface area contributed by atoms with Gasteiger partial charge in [0.1, 0.15) is 10.7 Å². The molecule has 2 aromatic rings. The van der Waals surface area contributed by atoms with Crippen molar-refractivity contribution in [3.05, 3.63) is 36.4 Å². The quantitative estimate of drug-likeness (QED) is 0.593. The van der Waals surface area contributed by atoms with Crippen molar-refractivity contribution < 1.29 is 9.53 Å². The molecule has 0 unspecified atom stereocenters. The normalized spacial score (nSPS) is 11.2. The highest BCUT2D eigenvalue weighted by Gasteiger charge is 2.28. The largest absolute Gasteiger partial charge is 0.385 e. The van der Waals surface area contributed by atoms with Crippen LogP contribution >= 0.6 is 11.3 Å². The standard InChI is InChI=1S/C19H29N5O4S/c1-6-13-21-12(4)15(29-13)18(26)23(8-7-9-28-5)14-16(20)24(10-11(2)3)19(27)22-17(14)25/h11H,6-10,20H2,1-5H3,(H,22,25,27). The first-order valence-corrected chi connectivity index (χ1v) is 10.4. The van der Waals surface area contributed by atoms with Crippen LogP contribution in [0.2, 0.25) is 0 Å². The number of nitrogen functional groups attached to an aromatic ring is 1. The summed E-state index contributed by atoms with van der Waals surface area (Å²) in [6.45, 7) is 8.56. The molecule has 0 spiro atoms. The summed E-state index contributed by atoms with van der Waals surface area (Å²) < 4.78 is 6.40. The van der Waals surface area contributed by atoms with Crippen LogP contribution in [-0.2, 0) is 17.7 Å². The lowest BCUT2D eigenvalue weighted by molar-refractivity contribution is 0.0986. The van der Waals surface area contributed by atoms with Crippen LogP contribution in [0.25, 0.3) is 0 Å². The number of hydrogen-bond acceptors (Lipinski definition) is 7. The lowest BCUT2D eigenvalue weighted by Gasteiger charge is -2.24. The van der Waals surface area contributed by atoms with Gasteiger partial charge in [0.25, 0.3) is 11.5 Å². The van der Waals surface area contributed by atoms with E-state index in [0.717, 1.165) is 5.01 Å². The van der Waals surface area contributed by atoms with Gasteiger partial charge in [0, 0.05) is 26.8 Å². The molecular formula is C19H29N5O4S. The van der Waals surface area contributed by atoms with E-state index in [0.29, 0.717) is 36.6 Å². The number of thiazole rings is 1. The Balaban J connectivity index is 2.60. The third kappa shape index (κ3) is 5.13. The fourth-order valence-electron chi connectivity index (χ4n) is 2.99. The number of H-pyrrole nitrogens is 1. The van der Waals surface area contributed by atoms with Crippen LogP contribution in [0.3, 0.4) is 0 Å². The molecule has 0 aromatic carbocycles. The van der Waals surface area contributed by atoms with Crippen LogP contribution in [-0.4, -0.2) is 40.7 Å². The van der Waals surface area contributed by atoms with E-state index in [1.165, 1.54) is 20.8 Å². The summed E-state index contributed by atoms with van der Waals surface area (Å²) in [4.78, 5) is 46.8. The summed E-state index contributed by atoms with van der Waals surface area (Å²) in [6.07, 6.45) is 1.22. The summed E-state index contributed by atoms with van der Waals surface area (Å²) in [5.41, 5.74) is 5.55. The predicted molar refractivity (Wildman–Crippen MR) is 115 cm³/mol. The molecule has 0 bridgehead atoms. The van der Waals surface area contributed by atoms with Gasteiger partial charge < -0.3 is 10.5 Å². The number of nitrogens with two attached hydrogens (primary N) is 1. The minimum Gasteiger partial charge on any atom is -0.385 e. The Bertz CT molecular complexity index is 976. The second kappa shape index (κ2) is 9.84. The number of carbonyl (C=O) groups excluding carboxylic acids is 1. The van der Waals surface area contributed by atoms with Gasteiger partial charge in [0.2, 0.25) is 0 Å². The van der Waals surface area contributed by atoms with Gasteiger partial charge in [0.15, 0.2) is 5.69 Å². The molecule has 0 radical (unpaired) electrons. The van der Waals surface area contributed by atoms with Crippen molar-refractivity contribution in [3.63, 3.8) is 0 Å². The van der Waals surface area contributed by atoms with Crippen LogP contribution in [0.4, 0.5) is 11.5 Å². The van der Waals surface area contributed by atoms with Crippen LogP contribution in [0, 0.1) is 12.8 Å². The highest BCUT2D eigenvalue weighted by atomic mass is 32.1. The monoisotopic (exact) mass is 423 g/mol. The van der Waals surface area contributed by atoms with E-state index >= 15 is 0 Å². The smallest absolute Gasteiger partial charge is 0.330 e. The predicted octanol–water partition coefficient (Wildman–Crippen LogP) is 1.79. The van der Waals surface area contributed by atoms with Gasteiger partial charge in [-0.3, -0.25) is 24.0 Å². The van der Waals surface area contributed by atoms with E-state index in [2.05, 4.69) is 9.97 Å². The van der Waals surface area contributed by atoms with Gasteiger partial charge in [0.05, 0.1) is 10.7 Å². The molecule has 0 aliphatic heterocycles. The van der Waals surface area contributed by atoms with E-state index in [4.69, 9.17) is 10.5 Å². The number of aromatic amines is 1. The van der Waals surface area contributed by atoms with Crippen molar-refractivity contribution in [1.82, 2.24) is 14.5 Å². The van der Waals surface area contributed by atoms with Gasteiger partial charge in [-0.2, -0.15) is 0 Å². The average Bonchev–Trinajstić information content (AvgIpc) is 3.04. The fraction of sp³-hybridized carbons (Fsp3) is 0.579. The number of aryl methyl sites for hydroxylation is 2. The van der Waals surface area contributed by atoms with E-state index in [1.807, 2.05) is 20.8 Å². The number of methoxy groups -OCH3 is 1. The Morgan fingerprint density at radius 2 is 2.07 bits per heavy atom. The average molecular weight is 424 g/mol. The molecule has 2 rings (SSSR count). The zero-order chi connectivity index (χ0) is 21.7. The van der Waals surface area contributed by atoms with Crippen molar-refractivity contribution >= 4 is 28.7 Å². The van der Waals surface area contributed by atoms with E-state index < -0.39 is 11.2 Å². The Kier molecular flexibility index (Phi) is 7.74. The molecule has 0 aliphatic carbocycles. The third-order valence-corrected chi connectivity index (χ3v) is 5.63. The zero-order valence-electron chi connectivity index (χ0n) is 17.6. The summed E-state index contributed by atoms with van der Waals surface area (Å²) in [5.74, 6) is -0.249. The van der Waals surface area contributed by atoms with Gasteiger partial charge in [-0.05, 0) is 25.7 Å². The molecule has 0 fully saturated rings. The summed E-state index contributed by atoms with van der Waals surface area (Å²) in [6, 6.07) is 0. The Hall–Kier alpha value is -2.46. The minimum atomic E-state index is -0.684. The number of nitrogens with zero attached hydrogens (tertiary/aromatic N) is 3. The highest BCUT2D eigenvalue weighted by molar-refractivity contribution is 7.13. The number of hydrogen-bond donors (Lipinski definition) is 2. The maximum atomic E-state index is 13.4. The SMILES string of the molecule is CCc1nc(C)c(C(=O)N(CCCOC)c2c(N)n(CC(C)C)c(=O)[nH]c2=O)s1. The highest BCUT2D eigenvalue weighted by Crippen LogP contribution is 2.25. The molecule has 9 nitrogen and oxygen atoms in total. The Labute approximate surface area is 173 Å². The van der Waals surface area contributed by atoms with Gasteiger partial charge in [-0.15, -0.1) is 11.3 Å². The lowest BCUT2D eigenvalue weighted by atomic mass is 10.2. The van der Waals surface area contributed by atoms with Crippen LogP contribution in [0.5, 0.6) is 0 Å². The number of aromatic nitrogens is 3. The molecule has 1 amide bonds.